The van der Waals surface area contributed by atoms with E-state index in [0.29, 0.717) is 0 Å². The van der Waals surface area contributed by atoms with E-state index >= 15 is 0 Å². The number of halogens is 3. The molecule has 4 N–H and O–H groups in total. The molecule has 0 heterocycles. The Morgan fingerprint density at radius 3 is 1.48 bits per heavy atom. The molecule has 0 unspecified atom stereocenters. The third-order valence-corrected chi connectivity index (χ3v) is 7.08. The lowest BCUT2D eigenvalue weighted by Crippen LogP contribution is -1.91. The minimum absolute atomic E-state index is 0. The Kier molecular flexibility index (Phi) is 21.6. The van der Waals surface area contributed by atoms with Gasteiger partial charge in [-0.1, -0.05) is 103 Å². The van der Waals surface area contributed by atoms with Crippen LogP contribution >= 0.6 is 23.2 Å². The highest BCUT2D eigenvalue weighted by atomic mass is 35.5. The Hall–Kier alpha value is -2.69. The molecule has 0 aromatic heterocycles. The molecule has 3 nitrogen and oxygen atoms in total. The second-order valence-corrected chi connectivity index (χ2v) is 11.3. The molecule has 0 radical (unpaired) electrons. The third-order valence-electron chi connectivity index (χ3n) is 5.87. The molecule has 4 aromatic rings. The summed E-state index contributed by atoms with van der Waals surface area (Å²) in [5.41, 5.74) is 10.6. The molecule has 4 aromatic carbocycles. The van der Waals surface area contributed by atoms with Gasteiger partial charge in [-0.3, -0.25) is 0 Å². The Morgan fingerprint density at radius 2 is 1.07 bits per heavy atom. The Labute approximate surface area is 269 Å². The summed E-state index contributed by atoms with van der Waals surface area (Å²) in [4.78, 5) is 0. The summed E-state index contributed by atoms with van der Waals surface area (Å²) in [6.45, 7) is 21.2. The summed E-state index contributed by atoms with van der Waals surface area (Å²) in [5, 5.41) is 19.6. The van der Waals surface area contributed by atoms with Crippen molar-refractivity contribution in [1.29, 1.82) is 0 Å². The Morgan fingerprint density at radius 1 is 0.595 bits per heavy atom. The first-order chi connectivity index (χ1) is 19.2. The molecule has 232 valence electrons. The van der Waals surface area contributed by atoms with E-state index in [1.807, 2.05) is 38.1 Å². The van der Waals surface area contributed by atoms with Crippen LogP contribution in [0.2, 0.25) is 15.1 Å². The van der Waals surface area contributed by atoms with Crippen molar-refractivity contribution in [3.05, 3.63) is 126 Å². The molecule has 0 bridgehead atoms. The highest BCUT2D eigenvalue weighted by molar-refractivity contribution is 6.32. The van der Waals surface area contributed by atoms with Crippen molar-refractivity contribution in [1.82, 2.24) is 0 Å². The summed E-state index contributed by atoms with van der Waals surface area (Å²) in [5.74, 6) is -0.0893. The van der Waals surface area contributed by atoms with Crippen molar-refractivity contribution in [3.8, 4) is 11.5 Å². The molecular weight excluding hydrogens is 587 g/mol. The van der Waals surface area contributed by atoms with Gasteiger partial charge in [0.15, 0.2) is 11.6 Å². The predicted molar refractivity (Wildman–Crippen MR) is 182 cm³/mol. The molecule has 0 aliphatic rings. The predicted octanol–water partition coefficient (Wildman–Crippen LogP) is 10.5. The van der Waals surface area contributed by atoms with Crippen molar-refractivity contribution in [3.63, 3.8) is 0 Å². The van der Waals surface area contributed by atoms with Crippen LogP contribution in [0.4, 0.5) is 0 Å². The average Bonchev–Trinajstić information content (AvgIpc) is 2.90. The van der Waals surface area contributed by atoms with E-state index in [9.17, 15) is 0 Å². The lowest BCUT2D eigenvalue weighted by atomic mass is 9.99. The zero-order chi connectivity index (χ0) is 31.7. The maximum atomic E-state index is 8.81. The smallest absolute Gasteiger partial charge is 0.228 e. The van der Waals surface area contributed by atoms with Crippen molar-refractivity contribution < 1.29 is 27.3 Å². The number of hydrogen-bond acceptors (Lipinski definition) is 2. The van der Waals surface area contributed by atoms with Crippen molar-refractivity contribution >= 4 is 23.2 Å². The lowest BCUT2D eigenvalue weighted by molar-refractivity contribution is -0.289. The standard InChI is InChI=1S/C11H16.C8H10Cl.C8H9Cl.C6H5ClO2.C3H8.H2O/c1-5-11-7-8(2)6-9(3)10(11)4;2*1-6-3-4-8(9)7(2)5-6;7-5-2-1-4(8)3-6(5)9;1-3-2;/h6-7H,5H2,1-4H3;3-5,9H,1-2H3;3-5H,1-2H3;1-3,8-9H;3H2,1-2H3;1H2/q;+1;;;;. The summed E-state index contributed by atoms with van der Waals surface area (Å²) < 4.78 is 0. The molecule has 0 aliphatic carbocycles. The fraction of sp³-hybridized carbons (Fsp3) is 0.333. The van der Waals surface area contributed by atoms with E-state index in [1.165, 1.54) is 63.6 Å². The molecule has 0 amide bonds. The number of hydrogen-bond donors (Lipinski definition) is 2. The van der Waals surface area contributed by atoms with Crippen LogP contribution in [0.15, 0.2) is 66.7 Å². The Bertz CT molecular complexity index is 1230. The zero-order valence-corrected chi connectivity index (χ0v) is 29.2. The summed E-state index contributed by atoms with van der Waals surface area (Å²) in [6.07, 6.45) is 2.40. The minimum Gasteiger partial charge on any atom is -0.508 e. The van der Waals surface area contributed by atoms with E-state index in [1.54, 1.807) is 0 Å². The third kappa shape index (κ3) is 16.7. The van der Waals surface area contributed by atoms with E-state index in [4.69, 9.17) is 45.0 Å². The SMILES string of the molecule is CCC.CCc1cc(C)cc(C)c1C.Cc1ccc(Cl)c(C)c1.Cc1ccc([ClH+])c(C)c1.O.Oc1ccc(Cl)c(O)c1. The van der Waals surface area contributed by atoms with Crippen LogP contribution in [0.3, 0.4) is 0 Å². The van der Waals surface area contributed by atoms with Gasteiger partial charge >= 0.3 is 0 Å². The molecule has 0 saturated carbocycles. The molecule has 0 aliphatic heterocycles. The van der Waals surface area contributed by atoms with Gasteiger partial charge in [0.05, 0.1) is 5.02 Å². The van der Waals surface area contributed by atoms with Gasteiger partial charge in [-0.2, -0.15) is 0 Å². The second kappa shape index (κ2) is 21.9. The number of phenolic OH excluding ortho intramolecular Hbond substituents is 2. The summed E-state index contributed by atoms with van der Waals surface area (Å²) >= 11 is 16.2. The number of aryl methyl sites for hydroxylation is 7. The first-order valence-corrected chi connectivity index (χ1v) is 15.0. The van der Waals surface area contributed by atoms with Gasteiger partial charge in [0.1, 0.15) is 11.5 Å². The number of aromatic hydroxyl groups is 2. The first-order valence-electron chi connectivity index (χ1n) is 13.9. The van der Waals surface area contributed by atoms with Gasteiger partial charge in [-0.05, 0) is 95.3 Å². The van der Waals surface area contributed by atoms with Crippen LogP contribution < -0.4 is 0 Å². The second-order valence-electron chi connectivity index (χ2n) is 10.1. The van der Waals surface area contributed by atoms with Crippen molar-refractivity contribution in [2.24, 2.45) is 0 Å². The minimum atomic E-state index is -0.100. The van der Waals surface area contributed by atoms with Crippen LogP contribution in [0, 0.1) is 60.1 Å². The maximum Gasteiger partial charge on any atom is 0.228 e. The molecule has 0 fully saturated rings. The van der Waals surface area contributed by atoms with Crippen LogP contribution in [0.1, 0.15) is 71.7 Å². The lowest BCUT2D eigenvalue weighted by Gasteiger charge is -2.07. The molecule has 0 saturated heterocycles. The normalized spacial score (nSPS) is 9.26. The largest absolute Gasteiger partial charge is 0.508 e. The van der Waals surface area contributed by atoms with E-state index in [0.717, 1.165) is 22.0 Å². The summed E-state index contributed by atoms with van der Waals surface area (Å²) in [7, 11) is 0. The van der Waals surface area contributed by atoms with Crippen molar-refractivity contribution in [2.45, 2.75) is 82.1 Å². The highest BCUT2D eigenvalue weighted by Crippen LogP contribution is 2.26. The van der Waals surface area contributed by atoms with E-state index in [-0.39, 0.29) is 22.0 Å². The van der Waals surface area contributed by atoms with Gasteiger partial charge < -0.3 is 15.7 Å². The average molecular weight is 637 g/mol. The van der Waals surface area contributed by atoms with E-state index < -0.39 is 0 Å². The molecule has 4 rings (SSSR count). The first kappa shape index (κ1) is 41.4. The fourth-order valence-electron chi connectivity index (χ4n) is 3.59. The molecule has 0 atom stereocenters. The Balaban J connectivity index is 0. The summed E-state index contributed by atoms with van der Waals surface area (Å²) in [6, 6.07) is 20.6. The number of rotatable bonds is 1. The van der Waals surface area contributed by atoms with Crippen LogP contribution in [0.25, 0.3) is 0 Å². The van der Waals surface area contributed by atoms with Gasteiger partial charge in [-0.15, -0.1) is 0 Å². The van der Waals surface area contributed by atoms with Crippen LogP contribution in [-0.2, 0) is 6.42 Å². The monoisotopic (exact) mass is 635 g/mol. The number of benzene rings is 4. The van der Waals surface area contributed by atoms with Crippen molar-refractivity contribution in [2.75, 3.05) is 0 Å². The molecule has 6 heteroatoms. The maximum absolute atomic E-state index is 8.81. The van der Waals surface area contributed by atoms with E-state index in [2.05, 4.69) is 79.7 Å². The van der Waals surface area contributed by atoms with Gasteiger partial charge in [0, 0.05) is 22.7 Å². The molecular formula is C36H50Cl3O3+. The topological polar surface area (TPSA) is 72.0 Å². The fourth-order valence-corrected chi connectivity index (χ4v) is 3.95. The highest BCUT2D eigenvalue weighted by Gasteiger charge is 2.00. The number of phenols is 2. The van der Waals surface area contributed by atoms with Crippen LogP contribution in [-0.4, -0.2) is 15.7 Å². The van der Waals surface area contributed by atoms with Gasteiger partial charge in [-0.25, -0.2) is 0 Å². The molecule has 42 heavy (non-hydrogen) atoms. The van der Waals surface area contributed by atoms with Gasteiger partial charge in [0.2, 0.25) is 5.02 Å². The molecule has 0 spiro atoms. The zero-order valence-electron chi connectivity index (χ0n) is 26.8. The quantitative estimate of drug-likeness (QED) is 0.218. The van der Waals surface area contributed by atoms with Gasteiger partial charge in [0.25, 0.3) is 0 Å². The van der Waals surface area contributed by atoms with Crippen LogP contribution in [0.5, 0.6) is 11.5 Å².